The van der Waals surface area contributed by atoms with Crippen molar-refractivity contribution >= 4 is 0 Å². The first-order valence-corrected chi connectivity index (χ1v) is 8.44. The third-order valence-corrected chi connectivity index (χ3v) is 4.46. The predicted molar refractivity (Wildman–Crippen MR) is 95.0 cm³/mol. The van der Waals surface area contributed by atoms with Crippen LogP contribution in [-0.2, 0) is 12.8 Å². The SMILES string of the molecule is COc1ncncc1-c1cccnc1Oc1ccc2c(c1)CCCC2. The van der Waals surface area contributed by atoms with Gasteiger partial charge in [0, 0.05) is 12.4 Å². The Bertz CT molecular complexity index is 896. The molecule has 0 saturated carbocycles. The molecule has 0 saturated heterocycles. The second kappa shape index (κ2) is 6.89. The van der Waals surface area contributed by atoms with E-state index in [9.17, 15) is 0 Å². The van der Waals surface area contributed by atoms with Crippen LogP contribution in [0, 0.1) is 0 Å². The number of hydrogen-bond acceptors (Lipinski definition) is 5. The van der Waals surface area contributed by atoms with E-state index in [0.29, 0.717) is 11.8 Å². The number of nitrogens with zero attached hydrogens (tertiary/aromatic N) is 3. The smallest absolute Gasteiger partial charge is 0.227 e. The summed E-state index contributed by atoms with van der Waals surface area (Å²) in [5.41, 5.74) is 4.36. The molecule has 4 rings (SSSR count). The van der Waals surface area contributed by atoms with Crippen molar-refractivity contribution in [1.82, 2.24) is 15.0 Å². The molecule has 0 amide bonds. The number of fused-ring (bicyclic) bond motifs is 1. The number of ether oxygens (including phenoxy) is 2. The maximum atomic E-state index is 6.11. The fourth-order valence-electron chi connectivity index (χ4n) is 3.23. The van der Waals surface area contributed by atoms with Gasteiger partial charge in [-0.25, -0.2) is 15.0 Å². The molecule has 1 aliphatic carbocycles. The highest BCUT2D eigenvalue weighted by Gasteiger charge is 2.15. The van der Waals surface area contributed by atoms with Crippen LogP contribution in [0.25, 0.3) is 11.1 Å². The Kier molecular flexibility index (Phi) is 4.29. The number of pyridine rings is 1. The molecule has 0 fully saturated rings. The summed E-state index contributed by atoms with van der Waals surface area (Å²) >= 11 is 0. The lowest BCUT2D eigenvalue weighted by Gasteiger charge is -2.17. The fraction of sp³-hybridized carbons (Fsp3) is 0.250. The van der Waals surface area contributed by atoms with Crippen LogP contribution in [0.15, 0.2) is 49.1 Å². The number of benzene rings is 1. The van der Waals surface area contributed by atoms with Crippen molar-refractivity contribution in [1.29, 1.82) is 0 Å². The van der Waals surface area contributed by atoms with Gasteiger partial charge in [-0.2, -0.15) is 0 Å². The molecule has 3 aromatic rings. The van der Waals surface area contributed by atoms with Crippen LogP contribution in [0.5, 0.6) is 17.5 Å². The zero-order valence-corrected chi connectivity index (χ0v) is 14.1. The average molecular weight is 333 g/mol. The van der Waals surface area contributed by atoms with Gasteiger partial charge in [-0.3, -0.25) is 0 Å². The molecule has 5 nitrogen and oxygen atoms in total. The van der Waals surface area contributed by atoms with E-state index >= 15 is 0 Å². The van der Waals surface area contributed by atoms with Gasteiger partial charge >= 0.3 is 0 Å². The van der Waals surface area contributed by atoms with E-state index in [1.54, 1.807) is 19.5 Å². The molecule has 0 N–H and O–H groups in total. The molecule has 0 radical (unpaired) electrons. The first-order chi connectivity index (χ1) is 12.3. The monoisotopic (exact) mass is 333 g/mol. The fourth-order valence-corrected chi connectivity index (χ4v) is 3.23. The van der Waals surface area contributed by atoms with Gasteiger partial charge in [-0.15, -0.1) is 0 Å². The largest absolute Gasteiger partial charge is 0.480 e. The molecule has 0 bridgehead atoms. The Labute approximate surface area is 146 Å². The Morgan fingerprint density at radius 1 is 0.920 bits per heavy atom. The van der Waals surface area contributed by atoms with Crippen LogP contribution in [-0.4, -0.2) is 22.1 Å². The molecular weight excluding hydrogens is 314 g/mol. The summed E-state index contributed by atoms with van der Waals surface area (Å²) in [7, 11) is 1.59. The molecule has 2 heterocycles. The van der Waals surface area contributed by atoms with Gasteiger partial charge in [-0.05, 0) is 61.1 Å². The average Bonchev–Trinajstić information content (AvgIpc) is 2.68. The molecule has 0 unspecified atom stereocenters. The van der Waals surface area contributed by atoms with E-state index in [-0.39, 0.29) is 0 Å². The highest BCUT2D eigenvalue weighted by Crippen LogP contribution is 2.36. The van der Waals surface area contributed by atoms with E-state index in [2.05, 4.69) is 27.1 Å². The highest BCUT2D eigenvalue weighted by molar-refractivity contribution is 5.72. The van der Waals surface area contributed by atoms with Crippen molar-refractivity contribution in [3.05, 3.63) is 60.2 Å². The molecule has 0 spiro atoms. The van der Waals surface area contributed by atoms with Crippen LogP contribution in [0.2, 0.25) is 0 Å². The lowest BCUT2D eigenvalue weighted by atomic mass is 9.92. The van der Waals surface area contributed by atoms with Crippen molar-refractivity contribution in [2.45, 2.75) is 25.7 Å². The summed E-state index contributed by atoms with van der Waals surface area (Å²) in [4.78, 5) is 12.7. The van der Waals surface area contributed by atoms with E-state index in [1.807, 2.05) is 18.2 Å². The predicted octanol–water partition coefficient (Wildman–Crippen LogP) is 4.22. The highest BCUT2D eigenvalue weighted by atomic mass is 16.5. The van der Waals surface area contributed by atoms with Crippen molar-refractivity contribution in [3.63, 3.8) is 0 Å². The summed E-state index contributed by atoms with van der Waals surface area (Å²) < 4.78 is 11.5. The molecule has 2 aromatic heterocycles. The molecule has 25 heavy (non-hydrogen) atoms. The molecule has 1 aliphatic rings. The molecule has 126 valence electrons. The van der Waals surface area contributed by atoms with Crippen molar-refractivity contribution in [2.75, 3.05) is 7.11 Å². The molecule has 0 atom stereocenters. The second-order valence-corrected chi connectivity index (χ2v) is 6.04. The first kappa shape index (κ1) is 15.6. The van der Waals surface area contributed by atoms with Gasteiger partial charge in [-0.1, -0.05) is 6.07 Å². The normalized spacial score (nSPS) is 13.2. The summed E-state index contributed by atoms with van der Waals surface area (Å²) in [6.07, 6.45) is 9.67. The molecular formula is C20H19N3O2. The van der Waals surface area contributed by atoms with E-state index in [4.69, 9.17) is 9.47 Å². The Hall–Kier alpha value is -2.95. The van der Waals surface area contributed by atoms with Gasteiger partial charge in [0.2, 0.25) is 11.8 Å². The Balaban J connectivity index is 1.70. The molecule has 5 heteroatoms. The van der Waals surface area contributed by atoms with Gasteiger partial charge in [0.15, 0.2) is 0 Å². The van der Waals surface area contributed by atoms with Gasteiger partial charge in [0.05, 0.1) is 18.2 Å². The second-order valence-electron chi connectivity index (χ2n) is 6.04. The van der Waals surface area contributed by atoms with Crippen LogP contribution >= 0.6 is 0 Å². The lowest BCUT2D eigenvalue weighted by Crippen LogP contribution is -2.02. The van der Waals surface area contributed by atoms with Gasteiger partial charge in [0.1, 0.15) is 12.1 Å². The topological polar surface area (TPSA) is 57.1 Å². The number of rotatable bonds is 4. The van der Waals surface area contributed by atoms with E-state index in [0.717, 1.165) is 29.7 Å². The van der Waals surface area contributed by atoms with Crippen LogP contribution in [0.1, 0.15) is 24.0 Å². The minimum Gasteiger partial charge on any atom is -0.480 e. The van der Waals surface area contributed by atoms with Gasteiger partial charge in [0.25, 0.3) is 0 Å². The Morgan fingerprint density at radius 3 is 2.68 bits per heavy atom. The summed E-state index contributed by atoms with van der Waals surface area (Å²) in [5, 5.41) is 0. The minimum atomic E-state index is 0.498. The van der Waals surface area contributed by atoms with Crippen LogP contribution in [0.3, 0.4) is 0 Å². The standard InChI is InChI=1S/C20H19N3O2/c1-24-19-18(12-21-13-23-19)17-7-4-10-22-20(17)25-16-9-8-14-5-2-3-6-15(14)11-16/h4,7-13H,2-3,5-6H2,1H3. The number of methoxy groups -OCH3 is 1. The summed E-state index contributed by atoms with van der Waals surface area (Å²) in [6.45, 7) is 0. The maximum Gasteiger partial charge on any atom is 0.227 e. The van der Waals surface area contributed by atoms with E-state index < -0.39 is 0 Å². The van der Waals surface area contributed by atoms with E-state index in [1.165, 1.54) is 30.3 Å². The van der Waals surface area contributed by atoms with Crippen LogP contribution in [0.4, 0.5) is 0 Å². The van der Waals surface area contributed by atoms with Crippen molar-refractivity contribution in [3.8, 4) is 28.6 Å². The van der Waals surface area contributed by atoms with Gasteiger partial charge < -0.3 is 9.47 Å². The summed E-state index contributed by atoms with van der Waals surface area (Å²) in [5.74, 6) is 1.82. The van der Waals surface area contributed by atoms with Crippen molar-refractivity contribution < 1.29 is 9.47 Å². The Morgan fingerprint density at radius 2 is 1.80 bits per heavy atom. The summed E-state index contributed by atoms with van der Waals surface area (Å²) in [6, 6.07) is 10.1. The zero-order valence-electron chi connectivity index (χ0n) is 14.1. The quantitative estimate of drug-likeness (QED) is 0.715. The number of hydrogen-bond donors (Lipinski definition) is 0. The minimum absolute atomic E-state index is 0.498. The molecule has 0 aliphatic heterocycles. The lowest BCUT2D eigenvalue weighted by molar-refractivity contribution is 0.398. The third kappa shape index (κ3) is 3.18. The number of aryl methyl sites for hydroxylation is 2. The maximum absolute atomic E-state index is 6.11. The number of aromatic nitrogens is 3. The first-order valence-electron chi connectivity index (χ1n) is 8.44. The third-order valence-electron chi connectivity index (χ3n) is 4.46. The zero-order chi connectivity index (χ0) is 17.1. The van der Waals surface area contributed by atoms with Crippen LogP contribution < -0.4 is 9.47 Å². The van der Waals surface area contributed by atoms with Crippen molar-refractivity contribution in [2.24, 2.45) is 0 Å². The molecule has 1 aromatic carbocycles.